The number of carbonyl (C=O) groups is 1. The van der Waals surface area contributed by atoms with Gasteiger partial charge in [-0.05, 0) is 63.4 Å². The summed E-state index contributed by atoms with van der Waals surface area (Å²) in [5.74, 6) is 1.59. The van der Waals surface area contributed by atoms with Crippen LogP contribution in [0.2, 0.25) is 0 Å². The zero-order valence-corrected chi connectivity index (χ0v) is 19.0. The van der Waals surface area contributed by atoms with Crippen molar-refractivity contribution >= 4 is 29.0 Å². The molecule has 0 bridgehead atoms. The molecule has 1 aliphatic rings. The van der Waals surface area contributed by atoms with Gasteiger partial charge in [0.05, 0.1) is 6.54 Å². The molecule has 2 aromatic carbocycles. The topological polar surface area (TPSA) is 54.3 Å². The van der Waals surface area contributed by atoms with Crippen molar-refractivity contribution in [3.63, 3.8) is 0 Å². The van der Waals surface area contributed by atoms with Crippen LogP contribution in [0.3, 0.4) is 0 Å². The van der Waals surface area contributed by atoms with Crippen LogP contribution in [-0.2, 0) is 11.3 Å². The van der Waals surface area contributed by atoms with Gasteiger partial charge in [-0.1, -0.05) is 48.2 Å². The lowest BCUT2D eigenvalue weighted by atomic mass is 9.96. The van der Waals surface area contributed by atoms with E-state index >= 15 is 0 Å². The number of piperidine rings is 1. The van der Waals surface area contributed by atoms with E-state index in [1.54, 1.807) is 11.8 Å². The van der Waals surface area contributed by atoms with Crippen LogP contribution in [0.25, 0.3) is 0 Å². The molecular formula is C24H29N5OS. The number of anilines is 2. The van der Waals surface area contributed by atoms with Crippen LogP contribution in [0.15, 0.2) is 65.8 Å². The lowest BCUT2D eigenvalue weighted by Gasteiger charge is -2.33. The number of thioether (sulfide) groups is 1. The number of benzene rings is 2. The standard InChI is InChI=1S/C24H29N5OS/c1-3-28-23(25-26-24(28)31-2)19-14-16-27(17-15-19)18-22(30)29(20-10-6-4-7-11-20)21-12-8-5-9-13-21/h4-13,19H,3,14-18H2,1-2H3. The van der Waals surface area contributed by atoms with Crippen molar-refractivity contribution in [1.82, 2.24) is 19.7 Å². The maximum atomic E-state index is 13.4. The second-order valence-electron chi connectivity index (χ2n) is 7.74. The minimum absolute atomic E-state index is 0.0947. The number of para-hydroxylation sites is 2. The van der Waals surface area contributed by atoms with E-state index in [2.05, 4.69) is 26.6 Å². The number of carbonyl (C=O) groups excluding carboxylic acids is 1. The predicted octanol–water partition coefficient (Wildman–Crippen LogP) is 4.56. The molecule has 0 N–H and O–H groups in total. The Morgan fingerprint density at radius 2 is 1.58 bits per heavy atom. The van der Waals surface area contributed by atoms with Crippen LogP contribution >= 0.6 is 11.8 Å². The quantitative estimate of drug-likeness (QED) is 0.509. The Hall–Kier alpha value is -2.64. The number of amides is 1. The summed E-state index contributed by atoms with van der Waals surface area (Å²) in [6.45, 7) is 5.22. The molecule has 4 rings (SSSR count). The molecule has 1 aliphatic heterocycles. The highest BCUT2D eigenvalue weighted by Crippen LogP contribution is 2.30. The fraction of sp³-hybridized carbons (Fsp3) is 0.375. The highest BCUT2D eigenvalue weighted by atomic mass is 32.2. The molecule has 0 aliphatic carbocycles. The number of aromatic nitrogens is 3. The van der Waals surface area contributed by atoms with Gasteiger partial charge >= 0.3 is 0 Å². The number of hydrogen-bond donors (Lipinski definition) is 0. The van der Waals surface area contributed by atoms with Crippen LogP contribution in [0.1, 0.15) is 31.5 Å². The Morgan fingerprint density at radius 1 is 1.00 bits per heavy atom. The molecule has 1 aromatic heterocycles. The van der Waals surface area contributed by atoms with Gasteiger partial charge in [-0.2, -0.15) is 0 Å². The van der Waals surface area contributed by atoms with Crippen molar-refractivity contribution in [1.29, 1.82) is 0 Å². The lowest BCUT2D eigenvalue weighted by molar-refractivity contribution is -0.119. The van der Waals surface area contributed by atoms with E-state index in [9.17, 15) is 4.79 Å². The summed E-state index contributed by atoms with van der Waals surface area (Å²) in [5.41, 5.74) is 1.79. The third kappa shape index (κ3) is 4.83. The highest BCUT2D eigenvalue weighted by molar-refractivity contribution is 7.98. The van der Waals surface area contributed by atoms with Gasteiger partial charge in [-0.3, -0.25) is 14.6 Å². The van der Waals surface area contributed by atoms with Gasteiger partial charge in [0.15, 0.2) is 5.16 Å². The normalized spacial score (nSPS) is 15.2. The van der Waals surface area contributed by atoms with Crippen molar-refractivity contribution in [2.75, 3.05) is 30.8 Å². The molecule has 31 heavy (non-hydrogen) atoms. The highest BCUT2D eigenvalue weighted by Gasteiger charge is 2.28. The first-order valence-corrected chi connectivity index (χ1v) is 12.1. The fourth-order valence-electron chi connectivity index (χ4n) is 4.25. The second kappa shape index (κ2) is 10.1. The van der Waals surface area contributed by atoms with Gasteiger partial charge in [0.2, 0.25) is 5.91 Å². The summed E-state index contributed by atoms with van der Waals surface area (Å²) in [5, 5.41) is 9.80. The Labute approximate surface area is 188 Å². The number of likely N-dealkylation sites (tertiary alicyclic amines) is 1. The van der Waals surface area contributed by atoms with E-state index in [1.165, 1.54) is 0 Å². The molecular weight excluding hydrogens is 406 g/mol. The minimum Gasteiger partial charge on any atom is -0.306 e. The van der Waals surface area contributed by atoms with E-state index < -0.39 is 0 Å². The first kappa shape index (κ1) is 21.6. The zero-order valence-electron chi connectivity index (χ0n) is 18.1. The van der Waals surface area contributed by atoms with Gasteiger partial charge < -0.3 is 4.57 Å². The fourth-order valence-corrected chi connectivity index (χ4v) is 4.82. The van der Waals surface area contributed by atoms with Gasteiger partial charge in [0.1, 0.15) is 5.82 Å². The maximum Gasteiger partial charge on any atom is 0.245 e. The van der Waals surface area contributed by atoms with E-state index in [4.69, 9.17) is 0 Å². The van der Waals surface area contributed by atoms with E-state index in [-0.39, 0.29) is 5.91 Å². The lowest BCUT2D eigenvalue weighted by Crippen LogP contribution is -2.42. The summed E-state index contributed by atoms with van der Waals surface area (Å²) < 4.78 is 2.22. The summed E-state index contributed by atoms with van der Waals surface area (Å²) in [6, 6.07) is 19.8. The van der Waals surface area contributed by atoms with Crippen LogP contribution in [0.4, 0.5) is 11.4 Å². The predicted molar refractivity (Wildman–Crippen MR) is 126 cm³/mol. The molecule has 0 saturated carbocycles. The van der Waals surface area contributed by atoms with Crippen LogP contribution in [0, 0.1) is 0 Å². The molecule has 2 heterocycles. The van der Waals surface area contributed by atoms with Gasteiger partial charge in [-0.15, -0.1) is 10.2 Å². The molecule has 1 fully saturated rings. The Bertz CT molecular complexity index is 944. The Balaban J connectivity index is 1.43. The molecule has 0 spiro atoms. The Morgan fingerprint density at radius 3 is 2.10 bits per heavy atom. The van der Waals surface area contributed by atoms with Crippen LogP contribution in [0.5, 0.6) is 0 Å². The molecule has 0 unspecified atom stereocenters. The zero-order chi connectivity index (χ0) is 21.6. The smallest absolute Gasteiger partial charge is 0.245 e. The number of nitrogens with zero attached hydrogens (tertiary/aromatic N) is 5. The van der Waals surface area contributed by atoms with E-state index in [0.29, 0.717) is 12.5 Å². The first-order valence-electron chi connectivity index (χ1n) is 10.8. The average molecular weight is 436 g/mol. The summed E-state index contributed by atoms with van der Waals surface area (Å²) >= 11 is 1.64. The van der Waals surface area contributed by atoms with Crippen molar-refractivity contribution in [3.8, 4) is 0 Å². The largest absolute Gasteiger partial charge is 0.306 e. The molecule has 162 valence electrons. The molecule has 1 amide bonds. The van der Waals surface area contributed by atoms with E-state index in [1.807, 2.05) is 71.8 Å². The molecule has 0 atom stereocenters. The minimum atomic E-state index is 0.0947. The second-order valence-corrected chi connectivity index (χ2v) is 8.51. The molecule has 1 saturated heterocycles. The first-order chi connectivity index (χ1) is 15.2. The van der Waals surface area contributed by atoms with Gasteiger partial charge in [0.25, 0.3) is 0 Å². The van der Waals surface area contributed by atoms with Crippen molar-refractivity contribution in [2.45, 2.75) is 37.4 Å². The van der Waals surface area contributed by atoms with Gasteiger partial charge in [-0.25, -0.2) is 0 Å². The van der Waals surface area contributed by atoms with Gasteiger partial charge in [0, 0.05) is 23.8 Å². The van der Waals surface area contributed by atoms with Crippen molar-refractivity contribution < 1.29 is 4.79 Å². The van der Waals surface area contributed by atoms with E-state index in [0.717, 1.165) is 54.8 Å². The van der Waals surface area contributed by atoms with Crippen molar-refractivity contribution in [2.24, 2.45) is 0 Å². The summed E-state index contributed by atoms with van der Waals surface area (Å²) in [6.07, 6.45) is 4.03. The maximum absolute atomic E-state index is 13.4. The monoisotopic (exact) mass is 435 g/mol. The SMILES string of the molecule is CCn1c(SC)nnc1C1CCN(CC(=O)N(c2ccccc2)c2ccccc2)CC1. The molecule has 0 radical (unpaired) electrons. The molecule has 3 aromatic rings. The average Bonchev–Trinajstić information content (AvgIpc) is 3.24. The Kier molecular flexibility index (Phi) is 7.04. The third-order valence-electron chi connectivity index (χ3n) is 5.83. The number of hydrogen-bond acceptors (Lipinski definition) is 5. The summed E-state index contributed by atoms with van der Waals surface area (Å²) in [4.78, 5) is 17.4. The molecule has 6 nitrogen and oxygen atoms in total. The van der Waals surface area contributed by atoms with Crippen LogP contribution in [-0.4, -0.2) is 51.5 Å². The van der Waals surface area contributed by atoms with Crippen LogP contribution < -0.4 is 4.90 Å². The molecule has 7 heteroatoms. The summed E-state index contributed by atoms with van der Waals surface area (Å²) in [7, 11) is 0. The number of rotatable bonds is 7. The van der Waals surface area contributed by atoms with Crippen molar-refractivity contribution in [3.05, 3.63) is 66.5 Å². The third-order valence-corrected chi connectivity index (χ3v) is 6.50.